The van der Waals surface area contributed by atoms with Gasteiger partial charge in [-0.3, -0.25) is 0 Å². The molecule has 104 valence electrons. The van der Waals surface area contributed by atoms with Gasteiger partial charge in [0.1, 0.15) is 17.7 Å². The molecule has 1 saturated heterocycles. The van der Waals surface area contributed by atoms with Gasteiger partial charge < -0.3 is 9.57 Å². The number of halogens is 1. The Kier molecular flexibility index (Phi) is 3.75. The first-order valence-corrected chi connectivity index (χ1v) is 6.24. The van der Waals surface area contributed by atoms with E-state index in [1.807, 2.05) is 20.8 Å². The predicted octanol–water partition coefficient (Wildman–Crippen LogP) is 2.39. The Morgan fingerprint density at radius 3 is 2.37 bits per heavy atom. The highest BCUT2D eigenvalue weighted by atomic mass is 19.1. The third-order valence-electron chi connectivity index (χ3n) is 2.76. The van der Waals surface area contributed by atoms with Crippen molar-refractivity contribution in [2.75, 3.05) is 13.1 Å². The molecule has 1 heterocycles. The fourth-order valence-electron chi connectivity index (χ4n) is 1.51. The van der Waals surface area contributed by atoms with Gasteiger partial charge in [-0.25, -0.2) is 9.18 Å². The molecule has 5 heteroatoms. The molecule has 0 unspecified atom stereocenters. The molecule has 0 aliphatic carbocycles. The Hall–Kier alpha value is -1.62. The zero-order valence-corrected chi connectivity index (χ0v) is 11.4. The summed E-state index contributed by atoms with van der Waals surface area (Å²) in [5, 5.41) is 1.57. The number of rotatable bonds is 3. The van der Waals surface area contributed by atoms with Crippen LogP contribution in [0.2, 0.25) is 0 Å². The van der Waals surface area contributed by atoms with E-state index in [0.717, 1.165) is 0 Å². The van der Waals surface area contributed by atoms with Crippen LogP contribution in [0, 0.1) is 11.2 Å². The average Bonchev–Trinajstić information content (AvgIpc) is 2.27. The molecule has 0 aromatic heterocycles. The lowest BCUT2D eigenvalue weighted by atomic mass is 9.98. The van der Waals surface area contributed by atoms with Crippen molar-refractivity contribution in [3.05, 3.63) is 30.1 Å². The number of ether oxygens (including phenoxy) is 1. The average molecular weight is 267 g/mol. The molecule has 19 heavy (non-hydrogen) atoms. The molecule has 0 N–H and O–H groups in total. The van der Waals surface area contributed by atoms with Gasteiger partial charge in [-0.05, 0) is 45.0 Å². The van der Waals surface area contributed by atoms with Crippen molar-refractivity contribution in [2.45, 2.75) is 26.9 Å². The lowest BCUT2D eigenvalue weighted by molar-refractivity contribution is -0.234. The molecule has 0 radical (unpaired) electrons. The van der Waals surface area contributed by atoms with Gasteiger partial charge >= 0.3 is 5.97 Å². The van der Waals surface area contributed by atoms with Crippen molar-refractivity contribution in [1.29, 1.82) is 0 Å². The van der Waals surface area contributed by atoms with Gasteiger partial charge in [0.2, 0.25) is 0 Å². The van der Waals surface area contributed by atoms with E-state index in [4.69, 9.17) is 9.57 Å². The maximum Gasteiger partial charge on any atom is 0.330 e. The number of nitrogens with zero attached hydrogens (tertiary/aromatic N) is 1. The normalized spacial score (nSPS) is 16.8. The van der Waals surface area contributed by atoms with E-state index >= 15 is 0 Å². The van der Waals surface area contributed by atoms with Crippen molar-refractivity contribution < 1.29 is 18.8 Å². The van der Waals surface area contributed by atoms with Gasteiger partial charge in [-0.1, -0.05) is 0 Å². The summed E-state index contributed by atoms with van der Waals surface area (Å²) in [6, 6.07) is 5.87. The van der Waals surface area contributed by atoms with Crippen LogP contribution in [-0.4, -0.2) is 30.2 Å². The predicted molar refractivity (Wildman–Crippen MR) is 67.9 cm³/mol. The maximum absolute atomic E-state index is 12.7. The van der Waals surface area contributed by atoms with Crippen LogP contribution in [-0.2, 0) is 9.63 Å². The molecule has 1 fully saturated rings. The first-order chi connectivity index (χ1) is 8.84. The third kappa shape index (κ3) is 3.67. The number of hydrogen-bond acceptors (Lipinski definition) is 4. The van der Waals surface area contributed by atoms with Gasteiger partial charge in [0.15, 0.2) is 0 Å². The Balaban J connectivity index is 1.75. The molecule has 0 spiro atoms. The van der Waals surface area contributed by atoms with Crippen LogP contribution in [0.1, 0.15) is 20.8 Å². The molecule has 1 aromatic rings. The van der Waals surface area contributed by atoms with Crippen molar-refractivity contribution in [2.24, 2.45) is 5.41 Å². The van der Waals surface area contributed by atoms with Crippen molar-refractivity contribution in [3.8, 4) is 5.75 Å². The molecule has 1 aromatic carbocycles. The van der Waals surface area contributed by atoms with E-state index in [-0.39, 0.29) is 17.9 Å². The van der Waals surface area contributed by atoms with E-state index in [9.17, 15) is 9.18 Å². The molecule has 1 aliphatic rings. The van der Waals surface area contributed by atoms with E-state index in [0.29, 0.717) is 18.8 Å². The summed E-state index contributed by atoms with van der Waals surface area (Å²) >= 11 is 0. The van der Waals surface area contributed by atoms with Crippen LogP contribution in [0.5, 0.6) is 5.75 Å². The summed E-state index contributed by atoms with van der Waals surface area (Å²) in [5.74, 6) is 0.0719. The standard InChI is InChI=1S/C14H18FNO3/c1-14(2,3)13(17)19-16-8-12(9-16)18-11-6-4-10(15)5-7-11/h4-7,12H,8-9H2,1-3H3. The molecular formula is C14H18FNO3. The topological polar surface area (TPSA) is 38.8 Å². The molecule has 2 rings (SSSR count). The summed E-state index contributed by atoms with van der Waals surface area (Å²) in [4.78, 5) is 16.8. The number of carbonyl (C=O) groups is 1. The molecule has 4 nitrogen and oxygen atoms in total. The van der Waals surface area contributed by atoms with E-state index in [2.05, 4.69) is 0 Å². The quantitative estimate of drug-likeness (QED) is 0.843. The van der Waals surface area contributed by atoms with Gasteiger partial charge in [-0.2, -0.15) is 0 Å². The van der Waals surface area contributed by atoms with Crippen LogP contribution >= 0.6 is 0 Å². The van der Waals surface area contributed by atoms with Crippen molar-refractivity contribution >= 4 is 5.97 Å². The Morgan fingerprint density at radius 2 is 1.84 bits per heavy atom. The Bertz CT molecular complexity index is 447. The molecule has 1 aliphatic heterocycles. The zero-order valence-electron chi connectivity index (χ0n) is 11.4. The SMILES string of the molecule is CC(C)(C)C(=O)ON1CC(Oc2ccc(F)cc2)C1. The van der Waals surface area contributed by atoms with Crippen LogP contribution in [0.3, 0.4) is 0 Å². The summed E-state index contributed by atoms with van der Waals surface area (Å²) < 4.78 is 18.3. The highest BCUT2D eigenvalue weighted by molar-refractivity contribution is 5.75. The fourth-order valence-corrected chi connectivity index (χ4v) is 1.51. The molecule has 0 atom stereocenters. The maximum atomic E-state index is 12.7. The largest absolute Gasteiger partial charge is 0.487 e. The Morgan fingerprint density at radius 1 is 1.26 bits per heavy atom. The monoisotopic (exact) mass is 267 g/mol. The summed E-state index contributed by atoms with van der Waals surface area (Å²) in [6.45, 7) is 6.48. The number of benzene rings is 1. The first-order valence-electron chi connectivity index (χ1n) is 6.24. The van der Waals surface area contributed by atoms with Gasteiger partial charge in [0, 0.05) is 0 Å². The van der Waals surface area contributed by atoms with Crippen LogP contribution in [0.15, 0.2) is 24.3 Å². The molecule has 0 bridgehead atoms. The lowest BCUT2D eigenvalue weighted by Crippen LogP contribution is -2.55. The van der Waals surface area contributed by atoms with Crippen molar-refractivity contribution in [3.63, 3.8) is 0 Å². The minimum Gasteiger partial charge on any atom is -0.487 e. The molecule has 0 saturated carbocycles. The Labute approximate surface area is 112 Å². The second-order valence-corrected chi connectivity index (χ2v) is 5.67. The smallest absolute Gasteiger partial charge is 0.330 e. The second kappa shape index (κ2) is 5.17. The van der Waals surface area contributed by atoms with Gasteiger partial charge in [0.05, 0.1) is 18.5 Å². The number of carbonyl (C=O) groups excluding carboxylic acids is 1. The van der Waals surface area contributed by atoms with E-state index in [1.54, 1.807) is 17.2 Å². The zero-order chi connectivity index (χ0) is 14.0. The third-order valence-corrected chi connectivity index (χ3v) is 2.76. The van der Waals surface area contributed by atoms with Gasteiger partial charge in [0.25, 0.3) is 0 Å². The minimum atomic E-state index is -0.511. The fraction of sp³-hybridized carbons (Fsp3) is 0.500. The lowest BCUT2D eigenvalue weighted by Gasteiger charge is -2.38. The number of hydroxylamine groups is 2. The molecular weight excluding hydrogens is 249 g/mol. The first kappa shape index (κ1) is 13.8. The van der Waals surface area contributed by atoms with Gasteiger partial charge in [-0.15, -0.1) is 5.06 Å². The second-order valence-electron chi connectivity index (χ2n) is 5.67. The summed E-state index contributed by atoms with van der Waals surface area (Å²) in [5.41, 5.74) is -0.511. The summed E-state index contributed by atoms with van der Waals surface area (Å²) in [7, 11) is 0. The molecule has 0 amide bonds. The highest BCUT2D eigenvalue weighted by Crippen LogP contribution is 2.21. The van der Waals surface area contributed by atoms with E-state index in [1.165, 1.54) is 12.1 Å². The number of hydrogen-bond donors (Lipinski definition) is 0. The summed E-state index contributed by atoms with van der Waals surface area (Å²) in [6.07, 6.45) is -0.0294. The highest BCUT2D eigenvalue weighted by Gasteiger charge is 2.34. The van der Waals surface area contributed by atoms with Crippen LogP contribution < -0.4 is 4.74 Å². The van der Waals surface area contributed by atoms with E-state index < -0.39 is 5.41 Å². The minimum absolute atomic E-state index is 0.0294. The van der Waals surface area contributed by atoms with Crippen LogP contribution in [0.25, 0.3) is 0 Å². The van der Waals surface area contributed by atoms with Crippen LogP contribution in [0.4, 0.5) is 4.39 Å². The van der Waals surface area contributed by atoms with Crippen molar-refractivity contribution in [1.82, 2.24) is 5.06 Å².